The molecular formula is C20H25NO4S. The fraction of sp³-hybridized carbons (Fsp3) is 0.350. The third kappa shape index (κ3) is 6.19. The molecule has 0 fully saturated rings. The van der Waals surface area contributed by atoms with E-state index in [0.29, 0.717) is 23.8 Å². The monoisotopic (exact) mass is 375 g/mol. The van der Waals surface area contributed by atoms with Crippen LogP contribution in [0.3, 0.4) is 0 Å². The Morgan fingerprint density at radius 1 is 1.04 bits per heavy atom. The van der Waals surface area contributed by atoms with Gasteiger partial charge in [0.15, 0.2) is 11.5 Å². The van der Waals surface area contributed by atoms with Crippen LogP contribution in [-0.4, -0.2) is 32.0 Å². The molecule has 0 saturated carbocycles. The van der Waals surface area contributed by atoms with Gasteiger partial charge in [-0.2, -0.15) is 0 Å². The molecule has 0 heterocycles. The minimum absolute atomic E-state index is 0.0210. The summed E-state index contributed by atoms with van der Waals surface area (Å²) in [4.78, 5) is 13.0. The zero-order valence-electron chi connectivity index (χ0n) is 15.6. The van der Waals surface area contributed by atoms with E-state index in [1.165, 1.54) is 11.8 Å². The maximum Gasteiger partial charge on any atom is 0.230 e. The molecule has 2 rings (SSSR count). The highest BCUT2D eigenvalue weighted by molar-refractivity contribution is 8.00. The number of amides is 1. The lowest BCUT2D eigenvalue weighted by Crippen LogP contribution is -2.24. The molecule has 140 valence electrons. The van der Waals surface area contributed by atoms with Crippen molar-refractivity contribution in [2.75, 3.05) is 20.0 Å². The molecule has 0 atom stereocenters. The van der Waals surface area contributed by atoms with Gasteiger partial charge in [-0.3, -0.25) is 4.79 Å². The molecule has 0 saturated heterocycles. The van der Waals surface area contributed by atoms with Gasteiger partial charge in [0.1, 0.15) is 5.75 Å². The number of thioether (sulfide) groups is 1. The van der Waals surface area contributed by atoms with E-state index in [2.05, 4.69) is 5.32 Å². The van der Waals surface area contributed by atoms with Gasteiger partial charge in [-0.05, 0) is 49.7 Å². The van der Waals surface area contributed by atoms with Crippen LogP contribution in [0.25, 0.3) is 0 Å². The average Bonchev–Trinajstić information content (AvgIpc) is 2.65. The van der Waals surface area contributed by atoms with E-state index in [1.807, 2.05) is 56.3 Å². The van der Waals surface area contributed by atoms with Crippen LogP contribution in [0.2, 0.25) is 0 Å². The normalized spacial score (nSPS) is 10.5. The van der Waals surface area contributed by atoms with E-state index in [9.17, 15) is 4.79 Å². The van der Waals surface area contributed by atoms with Gasteiger partial charge in [0, 0.05) is 11.4 Å². The van der Waals surface area contributed by atoms with Crippen LogP contribution in [0.15, 0.2) is 47.4 Å². The smallest absolute Gasteiger partial charge is 0.230 e. The van der Waals surface area contributed by atoms with Gasteiger partial charge in [0.25, 0.3) is 0 Å². The summed E-state index contributed by atoms with van der Waals surface area (Å²) in [5.41, 5.74) is 1.03. The molecule has 5 nitrogen and oxygen atoms in total. The van der Waals surface area contributed by atoms with E-state index < -0.39 is 0 Å². The van der Waals surface area contributed by atoms with E-state index in [4.69, 9.17) is 14.2 Å². The molecule has 2 aromatic carbocycles. The predicted octanol–water partition coefficient (Wildman–Crippen LogP) is 3.90. The summed E-state index contributed by atoms with van der Waals surface area (Å²) < 4.78 is 16.1. The van der Waals surface area contributed by atoms with Gasteiger partial charge < -0.3 is 19.5 Å². The molecule has 0 aliphatic rings. The minimum atomic E-state index is -0.0210. The second-order valence-electron chi connectivity index (χ2n) is 5.89. The van der Waals surface area contributed by atoms with Crippen molar-refractivity contribution >= 4 is 17.7 Å². The number of nitrogens with one attached hydrogen (secondary N) is 1. The second kappa shape index (κ2) is 9.97. The molecule has 0 bridgehead atoms. The summed E-state index contributed by atoms with van der Waals surface area (Å²) in [5, 5.41) is 2.92. The lowest BCUT2D eigenvalue weighted by molar-refractivity contribution is -0.118. The van der Waals surface area contributed by atoms with Gasteiger partial charge in [-0.15, -0.1) is 11.8 Å². The Kier molecular flexibility index (Phi) is 7.66. The Bertz CT molecular complexity index is 716. The Balaban J connectivity index is 1.80. The Morgan fingerprint density at radius 2 is 1.73 bits per heavy atom. The second-order valence-corrected chi connectivity index (χ2v) is 6.94. The number of benzene rings is 2. The van der Waals surface area contributed by atoms with Crippen molar-refractivity contribution in [2.24, 2.45) is 0 Å². The number of methoxy groups -OCH3 is 2. The molecule has 0 unspecified atom stereocenters. The largest absolute Gasteiger partial charge is 0.493 e. The summed E-state index contributed by atoms with van der Waals surface area (Å²) in [5.74, 6) is 2.48. The van der Waals surface area contributed by atoms with Gasteiger partial charge in [-0.1, -0.05) is 12.1 Å². The SMILES string of the molecule is COc1ccc(SCC(=O)NCc2ccc(OC(C)C)cc2)cc1OC. The summed E-state index contributed by atoms with van der Waals surface area (Å²) in [6, 6.07) is 13.4. The molecular weight excluding hydrogens is 350 g/mol. The van der Waals surface area contributed by atoms with Gasteiger partial charge in [0.05, 0.1) is 26.1 Å². The van der Waals surface area contributed by atoms with Crippen LogP contribution < -0.4 is 19.5 Å². The molecule has 0 aromatic heterocycles. The van der Waals surface area contributed by atoms with Crippen LogP contribution >= 0.6 is 11.8 Å². The molecule has 26 heavy (non-hydrogen) atoms. The molecule has 6 heteroatoms. The summed E-state index contributed by atoms with van der Waals surface area (Å²) in [6.45, 7) is 4.47. The summed E-state index contributed by atoms with van der Waals surface area (Å²) >= 11 is 1.45. The third-order valence-corrected chi connectivity index (χ3v) is 4.50. The van der Waals surface area contributed by atoms with Crippen molar-refractivity contribution in [3.8, 4) is 17.2 Å². The van der Waals surface area contributed by atoms with Crippen LogP contribution in [0.5, 0.6) is 17.2 Å². The van der Waals surface area contributed by atoms with Crippen LogP contribution in [-0.2, 0) is 11.3 Å². The van der Waals surface area contributed by atoms with Crippen LogP contribution in [0.1, 0.15) is 19.4 Å². The van der Waals surface area contributed by atoms with Crippen LogP contribution in [0.4, 0.5) is 0 Å². The first kappa shape index (κ1) is 20.0. The number of carbonyl (C=O) groups excluding carboxylic acids is 1. The first-order valence-corrected chi connectivity index (χ1v) is 9.37. The molecule has 0 aliphatic heterocycles. The van der Waals surface area contributed by atoms with Crippen molar-refractivity contribution in [1.29, 1.82) is 0 Å². The zero-order valence-corrected chi connectivity index (χ0v) is 16.4. The lowest BCUT2D eigenvalue weighted by atomic mass is 10.2. The van der Waals surface area contributed by atoms with Crippen LogP contribution in [0, 0.1) is 0 Å². The van der Waals surface area contributed by atoms with E-state index >= 15 is 0 Å². The van der Waals surface area contributed by atoms with Gasteiger partial charge in [0.2, 0.25) is 5.91 Å². The lowest BCUT2D eigenvalue weighted by Gasteiger charge is -2.11. The maximum atomic E-state index is 12.1. The van der Waals surface area contributed by atoms with E-state index in [1.54, 1.807) is 14.2 Å². The number of hydrogen-bond donors (Lipinski definition) is 1. The Labute approximate surface area is 159 Å². The Hall–Kier alpha value is -2.34. The molecule has 1 N–H and O–H groups in total. The Morgan fingerprint density at radius 3 is 2.35 bits per heavy atom. The maximum absolute atomic E-state index is 12.1. The number of carbonyl (C=O) groups is 1. The zero-order chi connectivity index (χ0) is 18.9. The van der Waals surface area contributed by atoms with Gasteiger partial charge in [-0.25, -0.2) is 0 Å². The van der Waals surface area contributed by atoms with Crippen molar-refractivity contribution < 1.29 is 19.0 Å². The number of hydrogen-bond acceptors (Lipinski definition) is 5. The van der Waals surface area contributed by atoms with Crippen molar-refractivity contribution in [3.63, 3.8) is 0 Å². The van der Waals surface area contributed by atoms with Crippen molar-refractivity contribution in [3.05, 3.63) is 48.0 Å². The highest BCUT2D eigenvalue weighted by Crippen LogP contribution is 2.31. The first-order chi connectivity index (χ1) is 12.5. The fourth-order valence-electron chi connectivity index (χ4n) is 2.26. The predicted molar refractivity (Wildman–Crippen MR) is 104 cm³/mol. The summed E-state index contributed by atoms with van der Waals surface area (Å²) in [7, 11) is 3.19. The number of ether oxygens (including phenoxy) is 3. The van der Waals surface area contributed by atoms with E-state index in [-0.39, 0.29) is 12.0 Å². The minimum Gasteiger partial charge on any atom is -0.493 e. The molecule has 0 aliphatic carbocycles. The summed E-state index contributed by atoms with van der Waals surface area (Å²) in [6.07, 6.45) is 0.147. The average molecular weight is 375 g/mol. The van der Waals surface area contributed by atoms with Crippen molar-refractivity contribution in [1.82, 2.24) is 5.32 Å². The standard InChI is InChI=1S/C20H25NO4S/c1-14(2)25-16-7-5-15(6-8-16)12-21-20(22)13-26-17-9-10-18(23-3)19(11-17)24-4/h5-11,14H,12-13H2,1-4H3,(H,21,22). The third-order valence-electron chi connectivity index (χ3n) is 3.51. The highest BCUT2D eigenvalue weighted by atomic mass is 32.2. The molecule has 0 radical (unpaired) electrons. The molecule has 1 amide bonds. The topological polar surface area (TPSA) is 56.8 Å². The first-order valence-electron chi connectivity index (χ1n) is 8.39. The fourth-order valence-corrected chi connectivity index (χ4v) is 3.02. The molecule has 0 spiro atoms. The molecule has 2 aromatic rings. The van der Waals surface area contributed by atoms with Gasteiger partial charge >= 0.3 is 0 Å². The van der Waals surface area contributed by atoms with E-state index in [0.717, 1.165) is 16.2 Å². The quantitative estimate of drug-likeness (QED) is 0.674. The van der Waals surface area contributed by atoms with Crippen molar-refractivity contribution in [2.45, 2.75) is 31.4 Å². The highest BCUT2D eigenvalue weighted by Gasteiger charge is 2.07. The number of rotatable bonds is 9.